The first-order valence-corrected chi connectivity index (χ1v) is 10.3. The van der Waals surface area contributed by atoms with Gasteiger partial charge in [0.1, 0.15) is 11.6 Å². The summed E-state index contributed by atoms with van der Waals surface area (Å²) in [5, 5.41) is 17.9. The van der Waals surface area contributed by atoms with Crippen LogP contribution in [0.25, 0.3) is 22.0 Å². The van der Waals surface area contributed by atoms with E-state index in [0.29, 0.717) is 28.3 Å². The van der Waals surface area contributed by atoms with Crippen LogP contribution in [0.4, 0.5) is 11.6 Å². The van der Waals surface area contributed by atoms with Gasteiger partial charge in [-0.3, -0.25) is 9.48 Å². The van der Waals surface area contributed by atoms with Crippen molar-refractivity contribution >= 4 is 28.3 Å². The number of rotatable bonds is 4. The molecule has 3 heterocycles. The minimum Gasteiger partial charge on any atom is -0.383 e. The second kappa shape index (κ2) is 7.46. The van der Waals surface area contributed by atoms with Gasteiger partial charge in [-0.05, 0) is 60.0 Å². The Morgan fingerprint density at radius 3 is 2.88 bits per heavy atom. The number of aryl methyl sites for hydroxylation is 2. The van der Waals surface area contributed by atoms with Gasteiger partial charge < -0.3 is 11.1 Å². The molecule has 1 amide bonds. The normalized spacial score (nSPS) is 17.2. The smallest absolute Gasteiger partial charge is 0.229 e. The molecule has 5 rings (SSSR count). The molecule has 8 nitrogen and oxygen atoms in total. The van der Waals surface area contributed by atoms with E-state index >= 15 is 0 Å². The first kappa shape index (κ1) is 19.7. The van der Waals surface area contributed by atoms with Crippen LogP contribution in [0.2, 0.25) is 0 Å². The molecule has 3 N–H and O–H groups in total. The molecule has 3 aromatic heterocycles. The van der Waals surface area contributed by atoms with Crippen LogP contribution in [-0.4, -0.2) is 25.7 Å². The lowest BCUT2D eigenvalue weighted by Gasteiger charge is -2.11. The molecule has 32 heavy (non-hydrogen) atoms. The summed E-state index contributed by atoms with van der Waals surface area (Å²) in [5.74, 6) is 0.893. The molecule has 4 aromatic rings. The Morgan fingerprint density at radius 2 is 2.12 bits per heavy atom. The minimum atomic E-state index is -0.0776. The van der Waals surface area contributed by atoms with E-state index in [-0.39, 0.29) is 17.7 Å². The van der Waals surface area contributed by atoms with Crippen molar-refractivity contribution in [3.63, 3.8) is 0 Å². The average molecular weight is 423 g/mol. The lowest BCUT2D eigenvalue weighted by Crippen LogP contribution is -2.15. The number of nitrogens with two attached hydrogens (primary N) is 1. The summed E-state index contributed by atoms with van der Waals surface area (Å²) in [4.78, 5) is 21.6. The maximum Gasteiger partial charge on any atom is 0.229 e. The number of hydrogen-bond acceptors (Lipinski definition) is 6. The third-order valence-corrected chi connectivity index (χ3v) is 5.92. The standard InChI is InChI=1S/C24H21N7O/c1-13-3-4-14(9-25)5-17(13)21-6-15-7-22(27-11-20(15)23(26)29-21)30-24(32)19-8-18(19)16-10-28-31(2)12-16/h3-7,10-12,18-19H,8H2,1-2H3,(H2,26,29)(H,27,30,32). The zero-order valence-corrected chi connectivity index (χ0v) is 17.7. The van der Waals surface area contributed by atoms with Crippen LogP contribution in [0.3, 0.4) is 0 Å². The zero-order valence-electron chi connectivity index (χ0n) is 17.7. The number of carbonyl (C=O) groups excluding carboxylic acids is 1. The van der Waals surface area contributed by atoms with E-state index in [9.17, 15) is 10.1 Å². The first-order valence-electron chi connectivity index (χ1n) is 10.3. The Labute approximate surface area is 184 Å². The highest BCUT2D eigenvalue weighted by Crippen LogP contribution is 2.47. The molecule has 1 aliphatic carbocycles. The lowest BCUT2D eigenvalue weighted by atomic mass is 10.0. The summed E-state index contributed by atoms with van der Waals surface area (Å²) >= 11 is 0. The largest absolute Gasteiger partial charge is 0.383 e. The third-order valence-electron chi connectivity index (χ3n) is 5.92. The van der Waals surface area contributed by atoms with Crippen LogP contribution in [-0.2, 0) is 11.8 Å². The van der Waals surface area contributed by atoms with Gasteiger partial charge in [-0.1, -0.05) is 6.07 Å². The van der Waals surface area contributed by atoms with E-state index in [1.807, 2.05) is 38.5 Å². The molecular weight excluding hydrogens is 402 g/mol. The molecule has 0 aliphatic heterocycles. The van der Waals surface area contributed by atoms with Crippen molar-refractivity contribution in [1.82, 2.24) is 19.7 Å². The predicted octanol–water partition coefficient (Wildman–Crippen LogP) is 3.53. The minimum absolute atomic E-state index is 0.0504. The quantitative estimate of drug-likeness (QED) is 0.518. The molecule has 1 aliphatic rings. The van der Waals surface area contributed by atoms with E-state index in [1.54, 1.807) is 29.1 Å². The van der Waals surface area contributed by atoms with E-state index in [4.69, 9.17) is 5.73 Å². The average Bonchev–Trinajstić information content (AvgIpc) is 3.47. The second-order valence-electron chi connectivity index (χ2n) is 8.21. The highest BCUT2D eigenvalue weighted by Gasteiger charge is 2.44. The maximum absolute atomic E-state index is 12.7. The Kier molecular flexibility index (Phi) is 4.59. The topological polar surface area (TPSA) is 123 Å². The SMILES string of the molecule is Cc1ccc(C#N)cc1-c1cc2cc(NC(=O)C3CC3c3cnn(C)c3)ncc2c(N)n1. The molecule has 0 spiro atoms. The number of anilines is 2. The van der Waals surface area contributed by atoms with Crippen LogP contribution < -0.4 is 11.1 Å². The molecule has 0 radical (unpaired) electrons. The Morgan fingerprint density at radius 1 is 1.28 bits per heavy atom. The monoisotopic (exact) mass is 423 g/mol. The van der Waals surface area contributed by atoms with Gasteiger partial charge in [0, 0.05) is 36.3 Å². The highest BCUT2D eigenvalue weighted by molar-refractivity contribution is 5.99. The van der Waals surface area contributed by atoms with Gasteiger partial charge >= 0.3 is 0 Å². The van der Waals surface area contributed by atoms with Crippen molar-refractivity contribution in [2.75, 3.05) is 11.1 Å². The van der Waals surface area contributed by atoms with Crippen LogP contribution in [0, 0.1) is 24.2 Å². The van der Waals surface area contributed by atoms with Crippen LogP contribution in [0.1, 0.15) is 29.0 Å². The highest BCUT2D eigenvalue weighted by atomic mass is 16.2. The summed E-state index contributed by atoms with van der Waals surface area (Å²) in [5.41, 5.74) is 10.3. The van der Waals surface area contributed by atoms with Gasteiger partial charge in [0.05, 0.1) is 23.5 Å². The predicted molar refractivity (Wildman–Crippen MR) is 122 cm³/mol. The molecule has 0 bridgehead atoms. The van der Waals surface area contributed by atoms with Gasteiger partial charge in [0.25, 0.3) is 0 Å². The summed E-state index contributed by atoms with van der Waals surface area (Å²) in [7, 11) is 1.87. The number of amides is 1. The van der Waals surface area contributed by atoms with E-state index in [0.717, 1.165) is 28.5 Å². The van der Waals surface area contributed by atoms with Crippen LogP contribution in [0.15, 0.2) is 48.9 Å². The number of nitrogen functional groups attached to an aromatic ring is 1. The van der Waals surface area contributed by atoms with Crippen molar-refractivity contribution < 1.29 is 4.79 Å². The van der Waals surface area contributed by atoms with Gasteiger partial charge in [-0.2, -0.15) is 10.4 Å². The lowest BCUT2D eigenvalue weighted by molar-refractivity contribution is -0.117. The molecule has 1 saturated carbocycles. The molecule has 0 saturated heterocycles. The van der Waals surface area contributed by atoms with Crippen molar-refractivity contribution in [3.8, 4) is 17.3 Å². The van der Waals surface area contributed by atoms with Crippen LogP contribution >= 0.6 is 0 Å². The number of benzene rings is 1. The number of carbonyl (C=O) groups is 1. The Hall–Kier alpha value is -4.25. The van der Waals surface area contributed by atoms with Gasteiger partial charge in [-0.25, -0.2) is 9.97 Å². The Bertz CT molecular complexity index is 1420. The Balaban J connectivity index is 1.42. The summed E-state index contributed by atoms with van der Waals surface area (Å²) in [6.45, 7) is 1.96. The molecular formula is C24H21N7O. The molecule has 8 heteroatoms. The number of pyridine rings is 2. The fourth-order valence-electron chi connectivity index (χ4n) is 4.05. The maximum atomic E-state index is 12.7. The molecule has 1 aromatic carbocycles. The fourth-order valence-corrected chi connectivity index (χ4v) is 4.05. The van der Waals surface area contributed by atoms with Crippen molar-refractivity contribution in [2.24, 2.45) is 13.0 Å². The fraction of sp³-hybridized carbons (Fsp3) is 0.208. The molecule has 2 atom stereocenters. The van der Waals surface area contributed by atoms with E-state index in [1.165, 1.54) is 0 Å². The zero-order chi connectivity index (χ0) is 22.4. The van der Waals surface area contributed by atoms with Crippen LogP contribution in [0.5, 0.6) is 0 Å². The number of nitrogens with one attached hydrogen (secondary N) is 1. The number of aromatic nitrogens is 4. The van der Waals surface area contributed by atoms with E-state index in [2.05, 4.69) is 26.5 Å². The van der Waals surface area contributed by atoms with E-state index < -0.39 is 0 Å². The molecule has 2 unspecified atom stereocenters. The number of nitriles is 1. The molecule has 158 valence electrons. The number of nitrogens with zero attached hydrogens (tertiary/aromatic N) is 5. The summed E-state index contributed by atoms with van der Waals surface area (Å²) < 4.78 is 1.75. The van der Waals surface area contributed by atoms with Gasteiger partial charge in [0.15, 0.2) is 0 Å². The van der Waals surface area contributed by atoms with Gasteiger partial charge in [0.2, 0.25) is 5.91 Å². The number of hydrogen-bond donors (Lipinski definition) is 2. The number of fused-ring (bicyclic) bond motifs is 1. The van der Waals surface area contributed by atoms with Gasteiger partial charge in [-0.15, -0.1) is 0 Å². The van der Waals surface area contributed by atoms with Crippen molar-refractivity contribution in [2.45, 2.75) is 19.3 Å². The first-order chi connectivity index (χ1) is 15.4. The van der Waals surface area contributed by atoms with Crippen molar-refractivity contribution in [1.29, 1.82) is 5.26 Å². The third kappa shape index (κ3) is 3.54. The summed E-state index contributed by atoms with van der Waals surface area (Å²) in [6.07, 6.45) is 6.20. The second-order valence-corrected chi connectivity index (χ2v) is 8.21. The molecule has 1 fully saturated rings. The van der Waals surface area contributed by atoms with Crippen molar-refractivity contribution in [3.05, 3.63) is 65.6 Å². The summed E-state index contributed by atoms with van der Waals surface area (Å²) in [6, 6.07) is 11.3.